The lowest BCUT2D eigenvalue weighted by atomic mass is 9.76. The first kappa shape index (κ1) is 15.7. The van der Waals surface area contributed by atoms with Crippen molar-refractivity contribution >= 4 is 21.6 Å². The minimum atomic E-state index is -4.30. The van der Waals surface area contributed by atoms with Crippen molar-refractivity contribution in [2.45, 2.75) is 45.2 Å². The fraction of sp³-hybridized carbons (Fsp3) is 0.600. The summed E-state index contributed by atoms with van der Waals surface area (Å²) < 4.78 is 38.3. The molecule has 112 valence electrons. The zero-order valence-corrected chi connectivity index (χ0v) is 13.1. The molecule has 0 atom stereocenters. The molecule has 20 heavy (non-hydrogen) atoms. The molecule has 1 nitrogen and oxygen atoms in total. The van der Waals surface area contributed by atoms with E-state index in [-0.39, 0.29) is 5.41 Å². The van der Waals surface area contributed by atoms with Crippen molar-refractivity contribution in [3.8, 4) is 0 Å². The minimum Gasteiger partial charge on any atom is -0.384 e. The molecule has 0 aliphatic heterocycles. The minimum absolute atomic E-state index is 0.250. The van der Waals surface area contributed by atoms with Gasteiger partial charge in [0, 0.05) is 16.7 Å². The van der Waals surface area contributed by atoms with Crippen LogP contribution in [0.15, 0.2) is 22.7 Å². The highest BCUT2D eigenvalue weighted by Crippen LogP contribution is 2.37. The van der Waals surface area contributed by atoms with E-state index in [1.165, 1.54) is 38.2 Å². The van der Waals surface area contributed by atoms with Gasteiger partial charge in [-0.1, -0.05) is 26.2 Å². The Labute approximate surface area is 126 Å². The van der Waals surface area contributed by atoms with Crippen molar-refractivity contribution in [2.24, 2.45) is 5.41 Å². The molecule has 1 aromatic rings. The Hall–Kier alpha value is -0.710. The zero-order chi connectivity index (χ0) is 14.8. The van der Waals surface area contributed by atoms with Crippen molar-refractivity contribution in [1.82, 2.24) is 0 Å². The summed E-state index contributed by atoms with van der Waals surface area (Å²) in [5, 5.41) is 3.29. The molecule has 5 heteroatoms. The maximum absolute atomic E-state index is 12.6. The van der Waals surface area contributed by atoms with Gasteiger partial charge in [-0.05, 0) is 52.4 Å². The van der Waals surface area contributed by atoms with E-state index >= 15 is 0 Å². The Morgan fingerprint density at radius 2 is 1.85 bits per heavy atom. The third-order valence-corrected chi connectivity index (χ3v) is 4.72. The first-order valence-electron chi connectivity index (χ1n) is 6.91. The summed E-state index contributed by atoms with van der Waals surface area (Å²) in [7, 11) is 0. The molecule has 0 amide bonds. The SMILES string of the molecule is CC1(CNc2ccc(C(F)(F)F)cc2Br)CCCCC1. The number of anilines is 1. The summed E-state index contributed by atoms with van der Waals surface area (Å²) in [6.07, 6.45) is 1.84. The average molecular weight is 350 g/mol. The van der Waals surface area contributed by atoms with Gasteiger partial charge >= 0.3 is 6.18 Å². The Kier molecular flexibility index (Phi) is 4.67. The molecule has 1 N–H and O–H groups in total. The second-order valence-electron chi connectivity index (χ2n) is 5.92. The van der Waals surface area contributed by atoms with Gasteiger partial charge in [-0.3, -0.25) is 0 Å². The summed E-state index contributed by atoms with van der Waals surface area (Å²) in [6.45, 7) is 3.05. The van der Waals surface area contributed by atoms with E-state index in [1.807, 2.05) is 0 Å². The predicted molar refractivity (Wildman–Crippen MR) is 78.8 cm³/mol. The molecule has 2 rings (SSSR count). The highest BCUT2D eigenvalue weighted by Gasteiger charge is 2.31. The normalized spacial score (nSPS) is 18.9. The van der Waals surface area contributed by atoms with Gasteiger partial charge in [0.2, 0.25) is 0 Å². The van der Waals surface area contributed by atoms with E-state index in [1.54, 1.807) is 0 Å². The number of nitrogens with one attached hydrogen (secondary N) is 1. The van der Waals surface area contributed by atoms with Crippen molar-refractivity contribution in [1.29, 1.82) is 0 Å². The molecule has 0 heterocycles. The molecule has 0 unspecified atom stereocenters. The molecule has 1 aliphatic carbocycles. The summed E-state index contributed by atoms with van der Waals surface area (Å²) >= 11 is 3.22. The Bertz CT molecular complexity index is 465. The number of hydrogen-bond acceptors (Lipinski definition) is 1. The quantitative estimate of drug-likeness (QED) is 0.721. The lowest BCUT2D eigenvalue weighted by Gasteiger charge is -2.34. The standard InChI is InChI=1S/C15H19BrF3N/c1-14(7-3-2-4-8-14)10-20-13-6-5-11(9-12(13)16)15(17,18)19/h5-6,9,20H,2-4,7-8,10H2,1H3. The molecule has 0 bridgehead atoms. The fourth-order valence-electron chi connectivity index (χ4n) is 2.73. The number of rotatable bonds is 3. The van der Waals surface area contributed by atoms with Gasteiger partial charge in [-0.25, -0.2) is 0 Å². The summed E-state index contributed by atoms with van der Waals surface area (Å²) in [5.74, 6) is 0. The third-order valence-electron chi connectivity index (χ3n) is 4.06. The van der Waals surface area contributed by atoms with E-state index in [4.69, 9.17) is 0 Å². The van der Waals surface area contributed by atoms with Crippen LogP contribution in [-0.2, 0) is 6.18 Å². The fourth-order valence-corrected chi connectivity index (χ4v) is 3.24. The van der Waals surface area contributed by atoms with Gasteiger partial charge in [-0.2, -0.15) is 13.2 Å². The van der Waals surface area contributed by atoms with Crippen molar-refractivity contribution in [3.63, 3.8) is 0 Å². The van der Waals surface area contributed by atoms with Crippen molar-refractivity contribution in [3.05, 3.63) is 28.2 Å². The van der Waals surface area contributed by atoms with Crippen molar-refractivity contribution < 1.29 is 13.2 Å². The molecule has 1 aliphatic rings. The number of halogens is 4. The van der Waals surface area contributed by atoms with Gasteiger partial charge in [0.25, 0.3) is 0 Å². The molecule has 1 fully saturated rings. The van der Waals surface area contributed by atoms with E-state index in [9.17, 15) is 13.2 Å². The van der Waals surface area contributed by atoms with E-state index in [0.29, 0.717) is 4.47 Å². The average Bonchev–Trinajstić information content (AvgIpc) is 2.37. The highest BCUT2D eigenvalue weighted by atomic mass is 79.9. The molecule has 0 saturated heterocycles. The second-order valence-corrected chi connectivity index (χ2v) is 6.77. The number of alkyl halides is 3. The third kappa shape index (κ3) is 3.90. The summed E-state index contributed by atoms with van der Waals surface area (Å²) in [6, 6.07) is 3.75. The zero-order valence-electron chi connectivity index (χ0n) is 11.5. The molecular weight excluding hydrogens is 331 g/mol. The van der Waals surface area contributed by atoms with Crippen molar-refractivity contribution in [2.75, 3.05) is 11.9 Å². The lowest BCUT2D eigenvalue weighted by molar-refractivity contribution is -0.137. The molecule has 0 aromatic heterocycles. The maximum atomic E-state index is 12.6. The van der Waals surface area contributed by atoms with E-state index in [2.05, 4.69) is 28.2 Å². The van der Waals surface area contributed by atoms with Crippen LogP contribution in [0.1, 0.15) is 44.6 Å². The van der Waals surface area contributed by atoms with Gasteiger partial charge in [0.15, 0.2) is 0 Å². The number of benzene rings is 1. The maximum Gasteiger partial charge on any atom is 0.416 e. The molecule has 0 radical (unpaired) electrons. The van der Waals surface area contributed by atoms with Crippen LogP contribution in [0.3, 0.4) is 0 Å². The highest BCUT2D eigenvalue weighted by molar-refractivity contribution is 9.10. The van der Waals surface area contributed by atoms with Gasteiger partial charge in [-0.15, -0.1) is 0 Å². The largest absolute Gasteiger partial charge is 0.416 e. The number of hydrogen-bond donors (Lipinski definition) is 1. The van der Waals surface area contributed by atoms with Crippen LogP contribution in [0.4, 0.5) is 18.9 Å². The first-order chi connectivity index (χ1) is 9.30. The van der Waals surface area contributed by atoms with Crippen LogP contribution >= 0.6 is 15.9 Å². The summed E-state index contributed by atoms with van der Waals surface area (Å²) in [4.78, 5) is 0. The van der Waals surface area contributed by atoms with Crippen LogP contribution in [-0.4, -0.2) is 6.54 Å². The Morgan fingerprint density at radius 3 is 2.40 bits per heavy atom. The van der Waals surface area contributed by atoms with Crippen LogP contribution in [0.25, 0.3) is 0 Å². The van der Waals surface area contributed by atoms with E-state index in [0.717, 1.165) is 24.4 Å². The topological polar surface area (TPSA) is 12.0 Å². The van der Waals surface area contributed by atoms with Crippen LogP contribution in [0.5, 0.6) is 0 Å². The Morgan fingerprint density at radius 1 is 1.20 bits per heavy atom. The molecular formula is C15H19BrF3N. The van der Waals surface area contributed by atoms with Crippen LogP contribution in [0.2, 0.25) is 0 Å². The van der Waals surface area contributed by atoms with Crippen LogP contribution in [0, 0.1) is 5.41 Å². The smallest absolute Gasteiger partial charge is 0.384 e. The monoisotopic (exact) mass is 349 g/mol. The van der Waals surface area contributed by atoms with E-state index < -0.39 is 11.7 Å². The first-order valence-corrected chi connectivity index (χ1v) is 7.70. The molecule has 0 spiro atoms. The van der Waals surface area contributed by atoms with Crippen LogP contribution < -0.4 is 5.32 Å². The summed E-state index contributed by atoms with van der Waals surface area (Å²) in [5.41, 5.74) is 0.351. The lowest BCUT2D eigenvalue weighted by Crippen LogP contribution is -2.29. The Balaban J connectivity index is 2.03. The predicted octanol–water partition coefficient (Wildman–Crippen LogP) is 5.85. The molecule has 1 aromatic carbocycles. The van der Waals surface area contributed by atoms with Gasteiger partial charge in [0.05, 0.1) is 5.56 Å². The van der Waals surface area contributed by atoms with Gasteiger partial charge < -0.3 is 5.32 Å². The van der Waals surface area contributed by atoms with Gasteiger partial charge in [0.1, 0.15) is 0 Å². The second kappa shape index (κ2) is 5.96. The molecule has 1 saturated carbocycles.